The SMILES string of the molecule is COc1ccc(C2=CC(=O)/C(=C\c3ccccc3)C2)cc1. The molecule has 2 nitrogen and oxygen atoms in total. The van der Waals surface area contributed by atoms with Crippen molar-refractivity contribution in [1.82, 2.24) is 0 Å². The Morgan fingerprint density at radius 2 is 1.71 bits per heavy atom. The van der Waals surface area contributed by atoms with E-state index in [1.165, 1.54) is 0 Å². The van der Waals surface area contributed by atoms with Crippen molar-refractivity contribution in [2.75, 3.05) is 7.11 Å². The molecule has 0 radical (unpaired) electrons. The van der Waals surface area contributed by atoms with Gasteiger partial charge in [-0.25, -0.2) is 0 Å². The molecule has 1 aliphatic rings. The number of carbonyl (C=O) groups excluding carboxylic acids is 1. The molecule has 104 valence electrons. The maximum Gasteiger partial charge on any atom is 0.182 e. The molecule has 0 saturated carbocycles. The second-order valence-corrected chi connectivity index (χ2v) is 5.02. The molecule has 0 saturated heterocycles. The molecule has 21 heavy (non-hydrogen) atoms. The van der Waals surface area contributed by atoms with Gasteiger partial charge in [0.15, 0.2) is 5.78 Å². The zero-order valence-corrected chi connectivity index (χ0v) is 11.9. The van der Waals surface area contributed by atoms with E-state index in [-0.39, 0.29) is 5.78 Å². The highest BCUT2D eigenvalue weighted by Crippen LogP contribution is 2.31. The summed E-state index contributed by atoms with van der Waals surface area (Å²) in [4.78, 5) is 12.1. The molecule has 0 spiro atoms. The zero-order valence-electron chi connectivity index (χ0n) is 11.9. The second-order valence-electron chi connectivity index (χ2n) is 5.02. The smallest absolute Gasteiger partial charge is 0.182 e. The fourth-order valence-corrected chi connectivity index (χ4v) is 2.46. The van der Waals surface area contributed by atoms with E-state index < -0.39 is 0 Å². The topological polar surface area (TPSA) is 26.3 Å². The molecule has 0 atom stereocenters. The Balaban J connectivity index is 1.83. The number of hydrogen-bond donors (Lipinski definition) is 0. The van der Waals surface area contributed by atoms with Crippen LogP contribution in [0, 0.1) is 0 Å². The van der Waals surface area contributed by atoms with Crippen LogP contribution in [0.5, 0.6) is 5.75 Å². The van der Waals surface area contributed by atoms with Crippen molar-refractivity contribution in [2.24, 2.45) is 0 Å². The van der Waals surface area contributed by atoms with Crippen LogP contribution in [0.3, 0.4) is 0 Å². The van der Waals surface area contributed by atoms with Crippen molar-refractivity contribution in [3.05, 3.63) is 77.4 Å². The Labute approximate surface area is 124 Å². The average Bonchev–Trinajstić information content (AvgIpc) is 2.89. The Morgan fingerprint density at radius 3 is 2.38 bits per heavy atom. The number of benzene rings is 2. The van der Waals surface area contributed by atoms with Crippen LogP contribution >= 0.6 is 0 Å². The van der Waals surface area contributed by atoms with Gasteiger partial charge in [0.25, 0.3) is 0 Å². The molecular weight excluding hydrogens is 260 g/mol. The van der Waals surface area contributed by atoms with E-state index in [0.29, 0.717) is 6.42 Å². The first kappa shape index (κ1) is 13.4. The third-order valence-corrected chi connectivity index (χ3v) is 3.60. The summed E-state index contributed by atoms with van der Waals surface area (Å²) in [5, 5.41) is 0. The second kappa shape index (κ2) is 5.80. The molecule has 0 N–H and O–H groups in total. The molecule has 2 heteroatoms. The van der Waals surface area contributed by atoms with Gasteiger partial charge < -0.3 is 4.74 Å². The number of allylic oxidation sites excluding steroid dienone is 3. The summed E-state index contributed by atoms with van der Waals surface area (Å²) >= 11 is 0. The number of carbonyl (C=O) groups is 1. The molecule has 0 fully saturated rings. The number of ketones is 1. The van der Waals surface area contributed by atoms with Crippen LogP contribution in [0.4, 0.5) is 0 Å². The van der Waals surface area contributed by atoms with Gasteiger partial charge in [-0.2, -0.15) is 0 Å². The maximum atomic E-state index is 12.1. The van der Waals surface area contributed by atoms with Crippen molar-refractivity contribution < 1.29 is 9.53 Å². The first-order valence-electron chi connectivity index (χ1n) is 6.91. The predicted octanol–water partition coefficient (Wildman–Crippen LogP) is 4.14. The van der Waals surface area contributed by atoms with Gasteiger partial charge in [0.2, 0.25) is 0 Å². The van der Waals surface area contributed by atoms with Crippen LogP contribution < -0.4 is 4.74 Å². The Bertz CT molecular complexity index is 707. The highest BCUT2D eigenvalue weighted by Gasteiger charge is 2.19. The molecule has 2 aromatic rings. The van der Waals surface area contributed by atoms with Gasteiger partial charge in [-0.15, -0.1) is 0 Å². The lowest BCUT2D eigenvalue weighted by molar-refractivity contribution is -0.110. The van der Waals surface area contributed by atoms with Gasteiger partial charge in [0, 0.05) is 12.0 Å². The van der Waals surface area contributed by atoms with Crippen LogP contribution in [0.1, 0.15) is 17.5 Å². The summed E-state index contributed by atoms with van der Waals surface area (Å²) in [6.07, 6.45) is 4.38. The first-order chi connectivity index (χ1) is 10.3. The summed E-state index contributed by atoms with van der Waals surface area (Å²) in [6.45, 7) is 0. The van der Waals surface area contributed by atoms with Gasteiger partial charge in [-0.1, -0.05) is 42.5 Å². The van der Waals surface area contributed by atoms with Crippen molar-refractivity contribution in [3.8, 4) is 5.75 Å². The van der Waals surface area contributed by atoms with Crippen LogP contribution in [-0.2, 0) is 4.79 Å². The van der Waals surface area contributed by atoms with Crippen molar-refractivity contribution in [1.29, 1.82) is 0 Å². The van der Waals surface area contributed by atoms with Gasteiger partial charge >= 0.3 is 0 Å². The Kier molecular flexibility index (Phi) is 3.69. The van der Waals surface area contributed by atoms with E-state index in [9.17, 15) is 4.79 Å². The monoisotopic (exact) mass is 276 g/mol. The Morgan fingerprint density at radius 1 is 1.00 bits per heavy atom. The lowest BCUT2D eigenvalue weighted by Gasteiger charge is -2.04. The summed E-state index contributed by atoms with van der Waals surface area (Å²) in [7, 11) is 1.65. The highest BCUT2D eigenvalue weighted by molar-refractivity contribution is 6.16. The van der Waals surface area contributed by atoms with E-state index in [1.807, 2.05) is 60.7 Å². The highest BCUT2D eigenvalue weighted by atomic mass is 16.5. The summed E-state index contributed by atoms with van der Waals surface area (Å²) in [5.41, 5.74) is 4.03. The molecule has 0 amide bonds. The van der Waals surface area contributed by atoms with Crippen LogP contribution in [0.25, 0.3) is 11.6 Å². The average molecular weight is 276 g/mol. The molecule has 0 heterocycles. The quantitative estimate of drug-likeness (QED) is 0.788. The van der Waals surface area contributed by atoms with Crippen molar-refractivity contribution >= 4 is 17.4 Å². The third kappa shape index (κ3) is 2.95. The van der Waals surface area contributed by atoms with Gasteiger partial charge in [-0.3, -0.25) is 4.79 Å². The minimum absolute atomic E-state index is 0.102. The van der Waals surface area contributed by atoms with Crippen LogP contribution in [-0.4, -0.2) is 12.9 Å². The van der Waals surface area contributed by atoms with E-state index in [1.54, 1.807) is 13.2 Å². The molecule has 3 rings (SSSR count). The van der Waals surface area contributed by atoms with E-state index in [2.05, 4.69) is 0 Å². The molecule has 0 unspecified atom stereocenters. The molecular formula is C19H16O2. The standard InChI is InChI=1S/C19H16O2/c1-21-18-9-7-15(8-10-18)16-12-17(19(20)13-16)11-14-5-3-2-4-6-14/h2-11,13H,12H2,1H3/b17-11-. The normalized spacial score (nSPS) is 16.1. The Hall–Kier alpha value is -2.61. The van der Waals surface area contributed by atoms with E-state index in [0.717, 1.165) is 28.0 Å². The molecule has 2 aromatic carbocycles. The number of hydrogen-bond acceptors (Lipinski definition) is 2. The summed E-state index contributed by atoms with van der Waals surface area (Å²) in [6, 6.07) is 17.7. The predicted molar refractivity (Wildman–Crippen MR) is 85.0 cm³/mol. The van der Waals surface area contributed by atoms with Crippen LogP contribution in [0.2, 0.25) is 0 Å². The summed E-state index contributed by atoms with van der Waals surface area (Å²) < 4.78 is 5.16. The molecule has 1 aliphatic carbocycles. The van der Waals surface area contributed by atoms with Gasteiger partial charge in [0.05, 0.1) is 7.11 Å². The summed E-state index contributed by atoms with van der Waals surface area (Å²) in [5.74, 6) is 0.924. The van der Waals surface area contributed by atoms with Gasteiger partial charge in [0.1, 0.15) is 5.75 Å². The zero-order chi connectivity index (χ0) is 14.7. The van der Waals surface area contributed by atoms with Crippen molar-refractivity contribution in [3.63, 3.8) is 0 Å². The number of ether oxygens (including phenoxy) is 1. The fraction of sp³-hybridized carbons (Fsp3) is 0.105. The van der Waals surface area contributed by atoms with Crippen molar-refractivity contribution in [2.45, 2.75) is 6.42 Å². The van der Waals surface area contributed by atoms with E-state index in [4.69, 9.17) is 4.74 Å². The minimum Gasteiger partial charge on any atom is -0.497 e. The molecule has 0 bridgehead atoms. The third-order valence-electron chi connectivity index (χ3n) is 3.60. The van der Waals surface area contributed by atoms with Gasteiger partial charge in [-0.05, 0) is 41.0 Å². The molecule has 0 aromatic heterocycles. The first-order valence-corrected chi connectivity index (χ1v) is 6.91. The number of methoxy groups -OCH3 is 1. The maximum absolute atomic E-state index is 12.1. The lowest BCUT2D eigenvalue weighted by atomic mass is 10.0. The van der Waals surface area contributed by atoms with E-state index >= 15 is 0 Å². The number of rotatable bonds is 3. The minimum atomic E-state index is 0.102. The molecule has 0 aliphatic heterocycles. The fourth-order valence-electron chi connectivity index (χ4n) is 2.46. The van der Waals surface area contributed by atoms with Crippen LogP contribution in [0.15, 0.2) is 66.2 Å². The lowest BCUT2D eigenvalue weighted by Crippen LogP contribution is -1.90. The largest absolute Gasteiger partial charge is 0.497 e.